The molecule has 0 radical (unpaired) electrons. The molecule has 0 spiro atoms. The van der Waals surface area contributed by atoms with Gasteiger partial charge >= 0.3 is 0 Å². The molecule has 2 heterocycles. The summed E-state index contributed by atoms with van der Waals surface area (Å²) in [4.78, 5) is 13.3. The summed E-state index contributed by atoms with van der Waals surface area (Å²) < 4.78 is 17.9. The van der Waals surface area contributed by atoms with Crippen molar-refractivity contribution in [1.29, 1.82) is 0 Å². The number of methoxy groups -OCH3 is 1. The zero-order valence-corrected chi connectivity index (χ0v) is 19.2. The first-order valence-corrected chi connectivity index (χ1v) is 11.4. The van der Waals surface area contributed by atoms with Crippen molar-refractivity contribution in [2.75, 3.05) is 34.5 Å². The molecule has 0 N–H and O–H groups in total. The fourth-order valence-electron chi connectivity index (χ4n) is 4.85. The van der Waals surface area contributed by atoms with E-state index in [0.717, 1.165) is 46.5 Å². The number of quaternary nitrogens is 1. The van der Waals surface area contributed by atoms with E-state index in [1.807, 2.05) is 12.1 Å². The molecule has 1 atom stereocenters. The Hall–Kier alpha value is -2.53. The maximum atomic E-state index is 13.3. The molecule has 0 aromatic heterocycles. The van der Waals surface area contributed by atoms with Crippen LogP contribution in [-0.2, 0) is 12.8 Å². The van der Waals surface area contributed by atoms with Gasteiger partial charge in [0.1, 0.15) is 6.04 Å². The van der Waals surface area contributed by atoms with Gasteiger partial charge in [0.15, 0.2) is 17.3 Å². The zero-order chi connectivity index (χ0) is 22.0. The molecule has 31 heavy (non-hydrogen) atoms. The topological polar surface area (TPSA) is 44.8 Å². The molecular formula is C26H34NO4+. The van der Waals surface area contributed by atoms with E-state index in [1.54, 1.807) is 7.11 Å². The van der Waals surface area contributed by atoms with Crippen molar-refractivity contribution >= 4 is 5.78 Å². The molecule has 2 aromatic rings. The van der Waals surface area contributed by atoms with Gasteiger partial charge in [0.2, 0.25) is 12.5 Å². The van der Waals surface area contributed by atoms with E-state index in [-0.39, 0.29) is 18.6 Å². The van der Waals surface area contributed by atoms with Crippen molar-refractivity contribution in [2.24, 2.45) is 0 Å². The first-order chi connectivity index (χ1) is 14.9. The molecule has 2 aliphatic rings. The molecule has 0 aliphatic carbocycles. The number of nitrogens with zero attached hydrogens (tertiary/aromatic N) is 1. The number of benzene rings is 2. The Morgan fingerprint density at radius 1 is 1.16 bits per heavy atom. The van der Waals surface area contributed by atoms with Gasteiger partial charge in [0.05, 0.1) is 39.7 Å². The Morgan fingerprint density at radius 3 is 2.65 bits per heavy atom. The van der Waals surface area contributed by atoms with Crippen molar-refractivity contribution in [3.8, 4) is 17.2 Å². The quantitative estimate of drug-likeness (QED) is 0.336. The summed E-state index contributed by atoms with van der Waals surface area (Å²) in [7, 11) is 6.06. The molecular weight excluding hydrogens is 390 g/mol. The second kappa shape index (κ2) is 8.91. The average Bonchev–Trinajstić information content (AvgIpc) is 3.23. The van der Waals surface area contributed by atoms with Crippen LogP contribution in [-0.4, -0.2) is 44.8 Å². The summed E-state index contributed by atoms with van der Waals surface area (Å²) in [5.41, 5.74) is 4.37. The Bertz CT molecular complexity index is 949. The first-order valence-electron chi connectivity index (χ1n) is 11.4. The lowest BCUT2D eigenvalue weighted by Crippen LogP contribution is -2.48. The van der Waals surface area contributed by atoms with Crippen LogP contribution in [0.3, 0.4) is 0 Å². The molecule has 0 saturated carbocycles. The van der Waals surface area contributed by atoms with Crippen molar-refractivity contribution in [1.82, 2.24) is 0 Å². The highest BCUT2D eigenvalue weighted by Crippen LogP contribution is 2.51. The van der Waals surface area contributed by atoms with Crippen LogP contribution in [0.15, 0.2) is 30.3 Å². The van der Waals surface area contributed by atoms with Crippen molar-refractivity contribution in [2.45, 2.75) is 51.5 Å². The number of carbonyl (C=O) groups is 1. The number of aryl methyl sites for hydroxylation is 1. The summed E-state index contributed by atoms with van der Waals surface area (Å²) in [5, 5.41) is 0. The van der Waals surface area contributed by atoms with Crippen LogP contribution in [0.1, 0.15) is 65.7 Å². The van der Waals surface area contributed by atoms with Crippen LogP contribution in [0.5, 0.6) is 17.2 Å². The minimum absolute atomic E-state index is 0.00457. The molecule has 5 heteroatoms. The summed E-state index contributed by atoms with van der Waals surface area (Å²) in [6, 6.07) is 10.3. The Balaban J connectivity index is 1.60. The number of rotatable bonds is 8. The van der Waals surface area contributed by atoms with Gasteiger partial charge in [-0.05, 0) is 30.0 Å². The van der Waals surface area contributed by atoms with Crippen LogP contribution in [0.25, 0.3) is 0 Å². The summed E-state index contributed by atoms with van der Waals surface area (Å²) in [5.74, 6) is 2.30. The molecule has 5 nitrogen and oxygen atoms in total. The van der Waals surface area contributed by atoms with Crippen molar-refractivity contribution in [3.05, 3.63) is 52.6 Å². The Morgan fingerprint density at radius 2 is 1.94 bits per heavy atom. The summed E-state index contributed by atoms with van der Waals surface area (Å²) >= 11 is 0. The fourth-order valence-corrected chi connectivity index (χ4v) is 4.85. The third-order valence-corrected chi connectivity index (χ3v) is 6.81. The van der Waals surface area contributed by atoms with Crippen LogP contribution < -0.4 is 14.2 Å². The van der Waals surface area contributed by atoms with Crippen LogP contribution in [0.2, 0.25) is 0 Å². The lowest BCUT2D eigenvalue weighted by molar-refractivity contribution is -0.922. The maximum absolute atomic E-state index is 13.3. The lowest BCUT2D eigenvalue weighted by Gasteiger charge is -2.43. The molecule has 2 aromatic carbocycles. The number of hydrogen-bond acceptors (Lipinski definition) is 4. The number of likely N-dealkylation sites (N-methyl/N-ethyl adjacent to an activating group) is 1. The second-order valence-electron chi connectivity index (χ2n) is 9.27. The zero-order valence-electron chi connectivity index (χ0n) is 19.2. The Labute approximate surface area is 185 Å². The van der Waals surface area contributed by atoms with E-state index < -0.39 is 0 Å². The van der Waals surface area contributed by atoms with Crippen LogP contribution in [0, 0.1) is 0 Å². The lowest BCUT2D eigenvalue weighted by atomic mass is 9.85. The third-order valence-electron chi connectivity index (χ3n) is 6.81. The highest BCUT2D eigenvalue weighted by molar-refractivity contribution is 5.96. The largest absolute Gasteiger partial charge is 0.492 e. The van der Waals surface area contributed by atoms with Crippen LogP contribution >= 0.6 is 0 Å². The summed E-state index contributed by atoms with van der Waals surface area (Å²) in [6.45, 7) is 3.39. The van der Waals surface area contributed by atoms with Crippen molar-refractivity contribution < 1.29 is 23.5 Å². The van der Waals surface area contributed by atoms with Gasteiger partial charge in [0.25, 0.3) is 0 Å². The van der Waals surface area contributed by atoms with E-state index in [0.29, 0.717) is 12.2 Å². The maximum Gasteiger partial charge on any atom is 0.231 e. The number of Topliss-reactive ketones (excluding diaryl/α,β-unsaturated/α-hetero) is 1. The number of hydrogen-bond donors (Lipinski definition) is 0. The molecule has 0 unspecified atom stereocenters. The molecule has 0 bridgehead atoms. The minimum atomic E-state index is 0.00457. The van der Waals surface area contributed by atoms with Gasteiger partial charge < -0.3 is 18.7 Å². The first kappa shape index (κ1) is 21.7. The molecule has 166 valence electrons. The van der Waals surface area contributed by atoms with E-state index in [9.17, 15) is 4.79 Å². The smallest absolute Gasteiger partial charge is 0.231 e. The van der Waals surface area contributed by atoms with Gasteiger partial charge in [-0.25, -0.2) is 0 Å². The monoisotopic (exact) mass is 424 g/mol. The number of unbranched alkanes of at least 4 members (excludes halogenated alkanes) is 2. The molecule has 2 aliphatic heterocycles. The Kier molecular flexibility index (Phi) is 6.24. The molecule has 0 saturated heterocycles. The third kappa shape index (κ3) is 4.29. The standard InChI is InChI=1S/C26H34NO4/c1-5-6-7-8-18-9-11-19(12-10-18)22(28)16-21-24-20(13-14-27(21,2)3)15-23-25(26(24)29-4)31-17-30-23/h9-12,15,21H,5-8,13-14,16-17H2,1-4H3/q+1/t21-/m0/s1. The minimum Gasteiger partial charge on any atom is -0.492 e. The van der Waals surface area contributed by atoms with Gasteiger partial charge in [0, 0.05) is 12.0 Å². The predicted molar refractivity (Wildman–Crippen MR) is 121 cm³/mol. The molecule has 0 fully saturated rings. The van der Waals surface area contributed by atoms with E-state index in [2.05, 4.69) is 39.2 Å². The highest BCUT2D eigenvalue weighted by atomic mass is 16.7. The van der Waals surface area contributed by atoms with Crippen LogP contribution in [0.4, 0.5) is 0 Å². The highest BCUT2D eigenvalue weighted by Gasteiger charge is 2.42. The molecule has 4 rings (SSSR count). The van der Waals surface area contributed by atoms with E-state index in [4.69, 9.17) is 14.2 Å². The predicted octanol–water partition coefficient (Wildman–Crippen LogP) is 5.10. The summed E-state index contributed by atoms with van der Waals surface area (Å²) in [6.07, 6.45) is 6.10. The van der Waals surface area contributed by atoms with Gasteiger partial charge in [-0.1, -0.05) is 44.0 Å². The number of carbonyl (C=O) groups excluding carboxylic acids is 1. The number of fused-ring (bicyclic) bond motifs is 2. The fraction of sp³-hybridized carbons (Fsp3) is 0.500. The number of ketones is 1. The molecule has 0 amide bonds. The SMILES string of the molecule is CCCCCc1ccc(C(=O)C[C@H]2c3c(cc4c(c3OC)OCO4)CC[N+]2(C)C)cc1. The number of ether oxygens (including phenoxy) is 3. The van der Waals surface area contributed by atoms with Gasteiger partial charge in [-0.15, -0.1) is 0 Å². The van der Waals surface area contributed by atoms with Crippen molar-refractivity contribution in [3.63, 3.8) is 0 Å². The van der Waals surface area contributed by atoms with E-state index >= 15 is 0 Å². The van der Waals surface area contributed by atoms with Gasteiger partial charge in [-0.2, -0.15) is 0 Å². The second-order valence-corrected chi connectivity index (χ2v) is 9.27. The normalized spacial score (nSPS) is 18.5. The van der Waals surface area contributed by atoms with E-state index in [1.165, 1.54) is 30.4 Å². The van der Waals surface area contributed by atoms with Gasteiger partial charge in [-0.3, -0.25) is 4.79 Å². The average molecular weight is 425 g/mol.